The van der Waals surface area contributed by atoms with Gasteiger partial charge in [0.05, 0.1) is 139 Å². The van der Waals surface area contributed by atoms with Crippen molar-refractivity contribution in [1.82, 2.24) is 9.80 Å². The maximum absolute atomic E-state index is 11.8. The molecule has 0 bridgehead atoms. The molecule has 0 aliphatic carbocycles. The Morgan fingerprint density at radius 2 is 0.469 bits per heavy atom. The van der Waals surface area contributed by atoms with Crippen LogP contribution < -0.4 is 0 Å². The second kappa shape index (κ2) is 54.0. The zero-order chi connectivity index (χ0) is 74.8. The zero-order valence-electron chi connectivity index (χ0n) is 67.6. The van der Waals surface area contributed by atoms with Crippen LogP contribution in [-0.4, -0.2) is 224 Å². The van der Waals surface area contributed by atoms with E-state index in [-0.39, 0.29) is 44.8 Å². The molecule has 1 aromatic carbocycles. The number of hydrogen-bond donors (Lipinski definition) is 0. The van der Waals surface area contributed by atoms with Gasteiger partial charge in [-0.05, 0) is 58.5 Å². The normalized spacial score (nSPS) is 13.9. The van der Waals surface area contributed by atoms with Crippen LogP contribution in [-0.2, 0) is 89.0 Å². The molecule has 578 valence electrons. The zero-order valence-corrected chi connectivity index (χ0v) is 67.6. The lowest BCUT2D eigenvalue weighted by Gasteiger charge is -2.34. The molecular weight excluding hydrogens is 1240 g/mol. The summed E-state index contributed by atoms with van der Waals surface area (Å²) in [7, 11) is 0. The van der Waals surface area contributed by atoms with E-state index in [1.54, 1.807) is 0 Å². The molecule has 18 nitrogen and oxygen atoms in total. The van der Waals surface area contributed by atoms with Gasteiger partial charge >= 0.3 is 0 Å². The molecule has 1 saturated heterocycles. The average molecular weight is 1400 g/mol. The van der Waals surface area contributed by atoms with Crippen molar-refractivity contribution in [3.63, 3.8) is 0 Å². The number of hydrogen-bond acceptors (Lipinski definition) is 18. The van der Waals surface area contributed by atoms with Gasteiger partial charge in [-0.2, -0.15) is 0 Å². The molecule has 0 amide bonds. The molecule has 98 heavy (non-hydrogen) atoms. The minimum atomic E-state index is -0.288. The number of benzene rings is 1. The molecule has 1 fully saturated rings. The summed E-state index contributed by atoms with van der Waals surface area (Å²) in [6, 6.07) is 9.18. The number of piperazine rings is 1. The van der Waals surface area contributed by atoms with E-state index in [2.05, 4.69) is 117 Å². The molecule has 2 rings (SSSR count). The lowest BCUT2D eigenvalue weighted by Crippen LogP contribution is -2.46. The first-order valence-corrected chi connectivity index (χ1v) is 37.0. The monoisotopic (exact) mass is 1400 g/mol. The third kappa shape index (κ3) is 66.6. The minimum Gasteiger partial charge on any atom is -0.379 e. The third-order valence-corrected chi connectivity index (χ3v) is 15.4. The third-order valence-electron chi connectivity index (χ3n) is 15.4. The standard InChI is InChI=1S/C29H50N2O4.C19H38O5.C17H34O4.C15H30O3/c1-28(2,3)23-25-7-9-26(10-8-25)24-31-14-12-30(13-15-31)16-18-34-20-22-35-21-19-33-17-11-27(32)29(4,5)6;1-18(2,3)8-10-22-12-14-24-16-15-23-13-11-21-9-7-17(20)19(4,5)6;1-16(2,3)8-10-20-12-14-21-13-11-19-9-7-15(18)17(4,5)6;1-14(2,3)8-10-18-12-11-17-9-7-13(16)15(4,5)6/h7-10H,11-24H2,1-6H3;7-16H2,1-6H3;7-14H2,1-6H3;7-12H2,1-6H3. The van der Waals surface area contributed by atoms with Gasteiger partial charge in [0.25, 0.3) is 0 Å². The van der Waals surface area contributed by atoms with Crippen molar-refractivity contribution in [2.45, 2.75) is 224 Å². The van der Waals surface area contributed by atoms with Crippen LogP contribution in [0.25, 0.3) is 0 Å². The summed E-state index contributed by atoms with van der Waals surface area (Å²) in [5, 5.41) is 0. The Balaban J connectivity index is 0. The quantitative estimate of drug-likeness (QED) is 0.0560. The van der Waals surface area contributed by atoms with Gasteiger partial charge in [-0.15, -0.1) is 0 Å². The number of ketones is 4. The Morgan fingerprint density at radius 3 is 0.694 bits per heavy atom. The van der Waals surface area contributed by atoms with E-state index < -0.39 is 0 Å². The van der Waals surface area contributed by atoms with Crippen molar-refractivity contribution >= 4 is 23.1 Å². The van der Waals surface area contributed by atoms with Gasteiger partial charge in [-0.25, -0.2) is 0 Å². The molecule has 18 heteroatoms. The molecular formula is C80H152N2O16. The predicted octanol–water partition coefficient (Wildman–Crippen LogP) is 14.9. The van der Waals surface area contributed by atoms with Crippen molar-refractivity contribution in [3.8, 4) is 0 Å². The topological polar surface area (TPSA) is 186 Å². The van der Waals surface area contributed by atoms with Crippen LogP contribution in [0.4, 0.5) is 0 Å². The highest BCUT2D eigenvalue weighted by molar-refractivity contribution is 5.85. The number of nitrogens with zero attached hydrogens (tertiary/aromatic N) is 2. The highest BCUT2D eigenvalue weighted by atomic mass is 16.6. The van der Waals surface area contributed by atoms with Crippen LogP contribution in [0.1, 0.15) is 222 Å². The highest BCUT2D eigenvalue weighted by Gasteiger charge is 2.24. The SMILES string of the molecule is CC(C)(C)CCOCCOCCC(=O)C(C)(C)C.CC(C)(C)CCOCCOCCOCCC(=O)C(C)(C)C.CC(C)(C)CCOCCOCCOCCOCCC(=O)C(C)(C)C.CC(C)(C)Cc1ccc(CN2CCN(CCOCCOCCOCCC(=O)C(C)(C)C)CC2)cc1. The maximum Gasteiger partial charge on any atom is 0.140 e. The lowest BCUT2D eigenvalue weighted by molar-refractivity contribution is -0.128. The first-order valence-electron chi connectivity index (χ1n) is 37.0. The van der Waals surface area contributed by atoms with E-state index in [1.807, 2.05) is 83.1 Å². The molecule has 1 aromatic rings. The first kappa shape index (κ1) is 97.4. The Bertz CT molecular complexity index is 2110. The smallest absolute Gasteiger partial charge is 0.140 e. The second-order valence-corrected chi connectivity index (χ2v) is 34.6. The van der Waals surface area contributed by atoms with E-state index in [4.69, 9.17) is 56.8 Å². The Hall–Kier alpha value is -2.66. The number of Topliss-reactive ketones (excluding diaryl/α,β-unsaturated/α-hetero) is 4. The summed E-state index contributed by atoms with van der Waals surface area (Å²) < 4.78 is 65.6. The van der Waals surface area contributed by atoms with E-state index in [1.165, 1.54) is 11.1 Å². The summed E-state index contributed by atoms with van der Waals surface area (Å²) >= 11 is 0. The number of carbonyl (C=O) groups excluding carboxylic acids is 4. The number of ether oxygens (including phenoxy) is 12. The van der Waals surface area contributed by atoms with Crippen LogP contribution in [0.2, 0.25) is 0 Å². The second-order valence-electron chi connectivity index (χ2n) is 34.6. The summed E-state index contributed by atoms with van der Waals surface area (Å²) in [5.74, 6) is 0.933. The van der Waals surface area contributed by atoms with Gasteiger partial charge in [-0.1, -0.05) is 190 Å². The van der Waals surface area contributed by atoms with Crippen molar-refractivity contribution in [3.05, 3.63) is 35.4 Å². The Morgan fingerprint density at radius 1 is 0.265 bits per heavy atom. The molecule has 0 unspecified atom stereocenters. The Kier molecular flexibility index (Phi) is 53.7. The summed E-state index contributed by atoms with van der Waals surface area (Å²) in [6.45, 7) is 70.3. The molecule has 1 aliphatic heterocycles. The van der Waals surface area contributed by atoms with Gasteiger partial charge in [0, 0.05) is 106 Å². The molecule has 1 aliphatic rings. The van der Waals surface area contributed by atoms with Crippen LogP contribution in [0.15, 0.2) is 24.3 Å². The van der Waals surface area contributed by atoms with Crippen LogP contribution in [0.5, 0.6) is 0 Å². The van der Waals surface area contributed by atoms with Crippen molar-refractivity contribution in [2.75, 3.05) is 191 Å². The van der Waals surface area contributed by atoms with Gasteiger partial charge in [0.15, 0.2) is 0 Å². The summed E-state index contributed by atoms with van der Waals surface area (Å²) in [4.78, 5) is 51.8. The van der Waals surface area contributed by atoms with Gasteiger partial charge in [0.1, 0.15) is 23.1 Å². The van der Waals surface area contributed by atoms with Gasteiger partial charge in [-0.3, -0.25) is 29.0 Å². The van der Waals surface area contributed by atoms with Crippen LogP contribution >= 0.6 is 0 Å². The molecule has 0 spiro atoms. The van der Waals surface area contributed by atoms with Crippen molar-refractivity contribution < 1.29 is 76.0 Å². The number of rotatable bonds is 48. The maximum atomic E-state index is 11.8. The van der Waals surface area contributed by atoms with Gasteiger partial charge in [0.2, 0.25) is 0 Å². The van der Waals surface area contributed by atoms with E-state index in [0.717, 1.165) is 91.4 Å². The molecule has 0 aromatic heterocycles. The fraction of sp³-hybridized carbons (Fsp3) is 0.875. The highest BCUT2D eigenvalue weighted by Crippen LogP contribution is 2.24. The minimum absolute atomic E-state index is 0.224. The van der Waals surface area contributed by atoms with E-state index in [0.29, 0.717) is 179 Å². The van der Waals surface area contributed by atoms with Crippen molar-refractivity contribution in [1.29, 1.82) is 0 Å². The van der Waals surface area contributed by atoms with E-state index >= 15 is 0 Å². The molecule has 0 saturated carbocycles. The van der Waals surface area contributed by atoms with Gasteiger partial charge < -0.3 is 56.8 Å². The first-order chi connectivity index (χ1) is 45.4. The average Bonchev–Trinajstić information content (AvgIpc) is 0.882. The number of carbonyl (C=O) groups is 4. The Labute approximate surface area is 600 Å². The molecule has 0 radical (unpaired) electrons. The molecule has 0 N–H and O–H groups in total. The fourth-order valence-electron chi connectivity index (χ4n) is 8.46. The predicted molar refractivity (Wildman–Crippen MR) is 400 cm³/mol. The molecule has 0 atom stereocenters. The molecule has 1 heterocycles. The van der Waals surface area contributed by atoms with E-state index in [9.17, 15) is 19.2 Å². The fourth-order valence-corrected chi connectivity index (χ4v) is 8.46. The van der Waals surface area contributed by atoms with Crippen molar-refractivity contribution in [2.24, 2.45) is 43.3 Å². The lowest BCUT2D eigenvalue weighted by atomic mass is 9.88. The summed E-state index contributed by atoms with van der Waals surface area (Å²) in [5.41, 5.74) is 3.01. The largest absolute Gasteiger partial charge is 0.379 e. The van der Waals surface area contributed by atoms with Crippen LogP contribution in [0.3, 0.4) is 0 Å². The summed E-state index contributed by atoms with van der Waals surface area (Å²) in [6.07, 6.45) is 6.17. The van der Waals surface area contributed by atoms with Crippen LogP contribution in [0, 0.1) is 43.3 Å².